The van der Waals surface area contributed by atoms with Crippen LogP contribution in [-0.2, 0) is 22.6 Å². The number of imidazole rings is 1. The van der Waals surface area contributed by atoms with Crippen LogP contribution in [0.3, 0.4) is 0 Å². The predicted molar refractivity (Wildman–Crippen MR) is 105 cm³/mol. The van der Waals surface area contributed by atoms with E-state index >= 15 is 0 Å². The topological polar surface area (TPSA) is 102 Å². The van der Waals surface area contributed by atoms with Crippen LogP contribution in [-0.4, -0.2) is 34.0 Å². The van der Waals surface area contributed by atoms with Crippen LogP contribution in [0.15, 0.2) is 30.5 Å². The standard InChI is InChI=1S/C20H27N5O2/c1-13(2)18(21)20(27)23-12-17(26)24-15-8-6-14(7-9-15)19-22-11-16-5-3-4-10-25(16)19/h6-9,11,13,18H,3-5,10,12,21H2,1-2H3,(H,23,27)(H,24,26)/t18-/m0/s1. The molecule has 2 heterocycles. The molecule has 7 heteroatoms. The smallest absolute Gasteiger partial charge is 0.243 e. The number of benzene rings is 1. The summed E-state index contributed by atoms with van der Waals surface area (Å²) in [6.07, 6.45) is 5.42. The van der Waals surface area contributed by atoms with Crippen LogP contribution < -0.4 is 16.4 Å². The first kappa shape index (κ1) is 19.1. The summed E-state index contributed by atoms with van der Waals surface area (Å²) in [5.74, 6) is 0.386. The van der Waals surface area contributed by atoms with Gasteiger partial charge in [0, 0.05) is 29.7 Å². The number of hydrogen-bond donors (Lipinski definition) is 3. The summed E-state index contributed by atoms with van der Waals surface area (Å²) in [5.41, 5.74) is 8.74. The molecule has 0 unspecified atom stereocenters. The number of carbonyl (C=O) groups is 2. The Labute approximate surface area is 159 Å². The predicted octanol–water partition coefficient (Wildman–Crippen LogP) is 1.92. The maximum absolute atomic E-state index is 12.0. The summed E-state index contributed by atoms with van der Waals surface area (Å²) in [7, 11) is 0. The van der Waals surface area contributed by atoms with Gasteiger partial charge in [0.25, 0.3) is 0 Å². The zero-order chi connectivity index (χ0) is 19.4. The van der Waals surface area contributed by atoms with Crippen molar-refractivity contribution in [2.24, 2.45) is 11.7 Å². The number of nitrogens with zero attached hydrogens (tertiary/aromatic N) is 2. The minimum absolute atomic E-state index is 0.0222. The lowest BCUT2D eigenvalue weighted by Crippen LogP contribution is -2.46. The summed E-state index contributed by atoms with van der Waals surface area (Å²) < 4.78 is 2.27. The summed E-state index contributed by atoms with van der Waals surface area (Å²) in [6.45, 7) is 4.63. The maximum Gasteiger partial charge on any atom is 0.243 e. The second-order valence-corrected chi connectivity index (χ2v) is 7.30. The zero-order valence-corrected chi connectivity index (χ0v) is 15.9. The van der Waals surface area contributed by atoms with Crippen molar-refractivity contribution in [2.45, 2.75) is 45.7 Å². The highest BCUT2D eigenvalue weighted by Gasteiger charge is 2.18. The minimum Gasteiger partial charge on any atom is -0.346 e. The number of aromatic nitrogens is 2. The van der Waals surface area contributed by atoms with Crippen molar-refractivity contribution in [2.75, 3.05) is 11.9 Å². The van der Waals surface area contributed by atoms with Crippen molar-refractivity contribution in [1.82, 2.24) is 14.9 Å². The average molecular weight is 369 g/mol. The molecular weight excluding hydrogens is 342 g/mol. The fraction of sp³-hybridized carbons (Fsp3) is 0.450. The number of rotatable bonds is 6. The van der Waals surface area contributed by atoms with Gasteiger partial charge >= 0.3 is 0 Å². The van der Waals surface area contributed by atoms with Crippen molar-refractivity contribution < 1.29 is 9.59 Å². The van der Waals surface area contributed by atoms with Gasteiger partial charge in [-0.2, -0.15) is 0 Å². The van der Waals surface area contributed by atoms with Crippen LogP contribution in [0.5, 0.6) is 0 Å². The van der Waals surface area contributed by atoms with Crippen molar-refractivity contribution in [3.63, 3.8) is 0 Å². The van der Waals surface area contributed by atoms with Crippen LogP contribution in [0.25, 0.3) is 11.4 Å². The van der Waals surface area contributed by atoms with Crippen molar-refractivity contribution >= 4 is 17.5 Å². The fourth-order valence-corrected chi connectivity index (χ4v) is 3.16. The van der Waals surface area contributed by atoms with E-state index in [0.717, 1.165) is 24.4 Å². The van der Waals surface area contributed by atoms with E-state index in [1.54, 1.807) is 0 Å². The van der Waals surface area contributed by atoms with Gasteiger partial charge in [-0.15, -0.1) is 0 Å². The number of fused-ring (bicyclic) bond motifs is 1. The molecule has 0 spiro atoms. The average Bonchev–Trinajstić information content (AvgIpc) is 3.10. The van der Waals surface area contributed by atoms with Gasteiger partial charge < -0.3 is 20.9 Å². The van der Waals surface area contributed by atoms with Gasteiger partial charge in [-0.25, -0.2) is 4.98 Å². The van der Waals surface area contributed by atoms with E-state index in [1.165, 1.54) is 18.5 Å². The van der Waals surface area contributed by atoms with E-state index in [2.05, 4.69) is 20.2 Å². The van der Waals surface area contributed by atoms with Crippen molar-refractivity contribution in [1.29, 1.82) is 0 Å². The molecule has 0 bridgehead atoms. The number of nitrogens with two attached hydrogens (primary N) is 1. The third kappa shape index (κ3) is 4.54. The lowest BCUT2D eigenvalue weighted by atomic mass is 10.1. The largest absolute Gasteiger partial charge is 0.346 e. The van der Waals surface area contributed by atoms with Gasteiger partial charge in [0.1, 0.15) is 5.82 Å². The van der Waals surface area contributed by atoms with Gasteiger partial charge in [-0.05, 0) is 49.4 Å². The summed E-state index contributed by atoms with van der Waals surface area (Å²) in [4.78, 5) is 28.4. The Hall–Kier alpha value is -2.67. The molecule has 0 radical (unpaired) electrons. The van der Waals surface area contributed by atoms with E-state index in [-0.39, 0.29) is 24.3 Å². The molecule has 3 rings (SSSR count). The SMILES string of the molecule is CC(C)[C@H](N)C(=O)NCC(=O)Nc1ccc(-c2ncc3n2CCCC3)cc1. The summed E-state index contributed by atoms with van der Waals surface area (Å²) in [5, 5.41) is 5.34. The quantitative estimate of drug-likeness (QED) is 0.724. The highest BCUT2D eigenvalue weighted by atomic mass is 16.2. The van der Waals surface area contributed by atoms with E-state index in [1.807, 2.05) is 44.3 Å². The van der Waals surface area contributed by atoms with Gasteiger partial charge in [0.15, 0.2) is 0 Å². The molecule has 4 N–H and O–H groups in total. The molecule has 27 heavy (non-hydrogen) atoms. The monoisotopic (exact) mass is 369 g/mol. The Morgan fingerprint density at radius 3 is 2.67 bits per heavy atom. The van der Waals surface area contributed by atoms with Crippen molar-refractivity contribution in [3.8, 4) is 11.4 Å². The summed E-state index contributed by atoms with van der Waals surface area (Å²) >= 11 is 0. The summed E-state index contributed by atoms with van der Waals surface area (Å²) in [6, 6.07) is 6.98. The number of aryl methyl sites for hydroxylation is 1. The van der Waals surface area contributed by atoms with Crippen LogP contribution in [0.4, 0.5) is 5.69 Å². The van der Waals surface area contributed by atoms with E-state index < -0.39 is 6.04 Å². The lowest BCUT2D eigenvalue weighted by Gasteiger charge is -2.16. The molecule has 0 saturated carbocycles. The lowest BCUT2D eigenvalue weighted by molar-refractivity contribution is -0.125. The number of anilines is 1. The molecule has 0 fully saturated rings. The molecule has 0 saturated heterocycles. The molecule has 2 aromatic rings. The second kappa shape index (κ2) is 8.35. The first-order chi connectivity index (χ1) is 13.0. The molecule has 1 aliphatic heterocycles. The normalized spacial score (nSPS) is 14.5. The van der Waals surface area contributed by atoms with E-state index in [4.69, 9.17) is 5.73 Å². The molecule has 0 aliphatic carbocycles. The molecule has 144 valence electrons. The Balaban J connectivity index is 1.57. The van der Waals surface area contributed by atoms with Crippen LogP contribution >= 0.6 is 0 Å². The van der Waals surface area contributed by atoms with Gasteiger partial charge in [0.05, 0.1) is 12.6 Å². The molecule has 1 atom stereocenters. The molecule has 1 aromatic carbocycles. The number of nitrogens with one attached hydrogen (secondary N) is 2. The maximum atomic E-state index is 12.0. The van der Waals surface area contributed by atoms with Crippen LogP contribution in [0.1, 0.15) is 32.4 Å². The molecule has 1 aromatic heterocycles. The molecule has 7 nitrogen and oxygen atoms in total. The Kier molecular flexibility index (Phi) is 5.91. The number of hydrogen-bond acceptors (Lipinski definition) is 4. The second-order valence-electron chi connectivity index (χ2n) is 7.30. The molecule has 1 aliphatic rings. The van der Waals surface area contributed by atoms with Crippen LogP contribution in [0, 0.1) is 5.92 Å². The Bertz CT molecular complexity index is 810. The third-order valence-corrected chi connectivity index (χ3v) is 4.87. The fourth-order valence-electron chi connectivity index (χ4n) is 3.16. The van der Waals surface area contributed by atoms with Gasteiger partial charge in [-0.1, -0.05) is 13.8 Å². The third-order valence-electron chi connectivity index (χ3n) is 4.87. The van der Waals surface area contributed by atoms with Gasteiger partial charge in [0.2, 0.25) is 11.8 Å². The molecule has 2 amide bonds. The Morgan fingerprint density at radius 2 is 1.96 bits per heavy atom. The zero-order valence-electron chi connectivity index (χ0n) is 15.9. The van der Waals surface area contributed by atoms with E-state index in [9.17, 15) is 9.59 Å². The van der Waals surface area contributed by atoms with Crippen LogP contribution in [0.2, 0.25) is 0 Å². The highest BCUT2D eigenvalue weighted by Crippen LogP contribution is 2.25. The number of carbonyl (C=O) groups excluding carboxylic acids is 2. The highest BCUT2D eigenvalue weighted by molar-refractivity contribution is 5.95. The first-order valence-corrected chi connectivity index (χ1v) is 9.43. The first-order valence-electron chi connectivity index (χ1n) is 9.43. The van der Waals surface area contributed by atoms with Crippen molar-refractivity contribution in [3.05, 3.63) is 36.2 Å². The molecular formula is C20H27N5O2. The van der Waals surface area contributed by atoms with Gasteiger partial charge in [-0.3, -0.25) is 9.59 Å². The minimum atomic E-state index is -0.613. The number of amides is 2. The Morgan fingerprint density at radius 1 is 1.22 bits per heavy atom. The van der Waals surface area contributed by atoms with E-state index in [0.29, 0.717) is 5.69 Å².